The first-order valence-corrected chi connectivity index (χ1v) is 9.83. The van der Waals surface area contributed by atoms with Gasteiger partial charge in [-0.1, -0.05) is 18.2 Å². The van der Waals surface area contributed by atoms with E-state index in [9.17, 15) is 18.0 Å². The molecule has 170 valence electrons. The van der Waals surface area contributed by atoms with Gasteiger partial charge < -0.3 is 10.6 Å². The van der Waals surface area contributed by atoms with Crippen molar-refractivity contribution in [2.45, 2.75) is 19.3 Å². The summed E-state index contributed by atoms with van der Waals surface area (Å²) < 4.78 is 39.9. The fourth-order valence-corrected chi connectivity index (χ4v) is 2.91. The number of allylic oxidation sites excluding steroid dienone is 1. The molecule has 0 atom stereocenters. The minimum atomic E-state index is -3.63. The van der Waals surface area contributed by atoms with Gasteiger partial charge in [0.15, 0.2) is 12.5 Å². The van der Waals surface area contributed by atoms with Crippen LogP contribution in [0.2, 0.25) is 0 Å². The predicted molar refractivity (Wildman–Crippen MR) is 126 cm³/mol. The lowest BCUT2D eigenvalue weighted by atomic mass is 10.1. The second-order valence-corrected chi connectivity index (χ2v) is 7.03. The average molecular weight is 454 g/mol. The first kappa shape index (κ1) is 23.6. The lowest BCUT2D eigenvalue weighted by Gasteiger charge is -2.15. The highest BCUT2D eigenvalue weighted by molar-refractivity contribution is 6.05. The molecule has 2 N–H and O–H groups in total. The molecule has 1 aliphatic heterocycles. The summed E-state index contributed by atoms with van der Waals surface area (Å²) in [6.07, 6.45) is 4.79. The second kappa shape index (κ2) is 10.5. The predicted octanol–water partition coefficient (Wildman–Crippen LogP) is 5.12. The van der Waals surface area contributed by atoms with E-state index in [0.29, 0.717) is 23.6 Å². The number of rotatable bonds is 8. The summed E-state index contributed by atoms with van der Waals surface area (Å²) in [6.45, 7) is 3.39. The average Bonchev–Trinajstić information content (AvgIpc) is 2.83. The lowest BCUT2D eigenvalue weighted by Crippen LogP contribution is -2.17. The monoisotopic (exact) mass is 454 g/mol. The maximum Gasteiger partial charge on any atom is 0.301 e. The third-order valence-corrected chi connectivity index (χ3v) is 4.68. The molecule has 3 rings (SSSR count). The number of amides is 1. The van der Waals surface area contributed by atoms with Gasteiger partial charge in [-0.15, -0.1) is 0 Å². The van der Waals surface area contributed by atoms with Crippen molar-refractivity contribution in [3.63, 3.8) is 0 Å². The molecule has 0 aromatic heterocycles. The van der Waals surface area contributed by atoms with Gasteiger partial charge in [0.25, 0.3) is 5.91 Å². The molecule has 2 aromatic carbocycles. The number of anilines is 2. The van der Waals surface area contributed by atoms with E-state index in [1.165, 1.54) is 24.8 Å². The molecule has 0 aliphatic carbocycles. The van der Waals surface area contributed by atoms with Gasteiger partial charge >= 0.3 is 5.92 Å². The van der Waals surface area contributed by atoms with Gasteiger partial charge in [0.05, 0.1) is 5.70 Å². The Labute approximate surface area is 188 Å². The van der Waals surface area contributed by atoms with Crippen LogP contribution in [0.4, 0.5) is 24.5 Å². The Morgan fingerprint density at radius 2 is 2.06 bits per heavy atom. The molecule has 7 nitrogen and oxygen atoms in total. The SMILES string of the molecule is C=NC=N/C(Nc1cc(C(=O)Nc2cccc(C(F)(F)CF)c2)ccc1C)=C1\CC=NC=N1. The summed E-state index contributed by atoms with van der Waals surface area (Å²) in [6, 6.07) is 9.86. The van der Waals surface area contributed by atoms with Crippen molar-refractivity contribution >= 4 is 42.9 Å². The summed E-state index contributed by atoms with van der Waals surface area (Å²) in [5.74, 6) is -3.74. The van der Waals surface area contributed by atoms with Gasteiger partial charge in [0.2, 0.25) is 0 Å². The summed E-state index contributed by atoms with van der Waals surface area (Å²) >= 11 is 0. The lowest BCUT2D eigenvalue weighted by molar-refractivity contribution is -0.0280. The van der Waals surface area contributed by atoms with E-state index < -0.39 is 24.1 Å². The van der Waals surface area contributed by atoms with Gasteiger partial charge in [-0.05, 0) is 43.5 Å². The molecule has 10 heteroatoms. The van der Waals surface area contributed by atoms with Crippen molar-refractivity contribution in [3.05, 3.63) is 70.7 Å². The molecule has 2 aromatic rings. The van der Waals surface area contributed by atoms with Crippen LogP contribution in [0.25, 0.3) is 0 Å². The number of halogens is 3. The topological polar surface area (TPSA) is 90.6 Å². The summed E-state index contributed by atoms with van der Waals surface area (Å²) in [7, 11) is 0. The highest BCUT2D eigenvalue weighted by atomic mass is 19.3. The van der Waals surface area contributed by atoms with E-state index in [2.05, 4.69) is 37.3 Å². The Kier molecular flexibility index (Phi) is 7.50. The maximum atomic E-state index is 13.6. The number of carbonyl (C=O) groups excluding carboxylic acids is 1. The number of nitrogens with one attached hydrogen (secondary N) is 2. The molecular formula is C23H21F3N6O. The van der Waals surface area contributed by atoms with Crippen LogP contribution in [0.3, 0.4) is 0 Å². The summed E-state index contributed by atoms with van der Waals surface area (Å²) in [4.78, 5) is 28.7. The zero-order chi connectivity index (χ0) is 23.8. The van der Waals surface area contributed by atoms with Crippen molar-refractivity contribution in [2.75, 3.05) is 17.3 Å². The van der Waals surface area contributed by atoms with Crippen molar-refractivity contribution in [3.8, 4) is 0 Å². The quantitative estimate of drug-likeness (QED) is 0.428. The first-order chi connectivity index (χ1) is 15.8. The first-order valence-electron chi connectivity index (χ1n) is 9.83. The molecule has 0 radical (unpaired) electrons. The van der Waals surface area contributed by atoms with Crippen LogP contribution < -0.4 is 10.6 Å². The standard InChI is InChI=1S/C23H21F3N6O/c1-15-6-7-16(22(33)31-18-5-3-4-17(11-18)23(25,26)12-24)10-20(15)32-21(30-13-27-2)19-8-9-28-14-29-19/h3-7,9-11,13-14,32H,2,8,12H2,1H3,(H,31,33)/b21-19-,30-13?. The number of hydrogen-bond donors (Lipinski definition) is 2. The van der Waals surface area contributed by atoms with Crippen molar-refractivity contribution in [2.24, 2.45) is 20.0 Å². The Morgan fingerprint density at radius 1 is 1.24 bits per heavy atom. The van der Waals surface area contributed by atoms with Crippen LogP contribution in [0, 0.1) is 6.92 Å². The van der Waals surface area contributed by atoms with Gasteiger partial charge in [-0.2, -0.15) is 8.78 Å². The molecule has 33 heavy (non-hydrogen) atoms. The number of hydrogen-bond acceptors (Lipinski definition) is 5. The van der Waals surface area contributed by atoms with Gasteiger partial charge in [-0.3, -0.25) is 9.79 Å². The normalized spacial score (nSPS) is 14.9. The van der Waals surface area contributed by atoms with Crippen LogP contribution in [0.5, 0.6) is 0 Å². The highest BCUT2D eigenvalue weighted by Crippen LogP contribution is 2.30. The molecule has 0 fully saturated rings. The number of aryl methyl sites for hydroxylation is 1. The fraction of sp³-hybridized carbons (Fsp3) is 0.174. The maximum absolute atomic E-state index is 13.6. The molecule has 1 aliphatic rings. The minimum Gasteiger partial charge on any atom is -0.338 e. The van der Waals surface area contributed by atoms with Crippen molar-refractivity contribution < 1.29 is 18.0 Å². The molecule has 0 spiro atoms. The van der Waals surface area contributed by atoms with Gasteiger partial charge in [0.1, 0.15) is 12.7 Å². The summed E-state index contributed by atoms with van der Waals surface area (Å²) in [5.41, 5.74) is 1.90. The van der Waals surface area contributed by atoms with E-state index >= 15 is 0 Å². The second-order valence-electron chi connectivity index (χ2n) is 7.03. The van der Waals surface area contributed by atoms with Crippen LogP contribution in [0.15, 0.2) is 74.0 Å². The van der Waals surface area contributed by atoms with E-state index in [1.54, 1.807) is 24.4 Å². The van der Waals surface area contributed by atoms with Crippen LogP contribution in [0.1, 0.15) is 27.9 Å². The van der Waals surface area contributed by atoms with Gasteiger partial charge in [-0.25, -0.2) is 19.4 Å². The molecule has 0 unspecified atom stereocenters. The van der Waals surface area contributed by atoms with Crippen molar-refractivity contribution in [1.82, 2.24) is 0 Å². The fourth-order valence-electron chi connectivity index (χ4n) is 2.91. The Balaban J connectivity index is 1.85. The molecule has 0 saturated heterocycles. The molecule has 1 amide bonds. The molecular weight excluding hydrogens is 433 g/mol. The van der Waals surface area contributed by atoms with Crippen LogP contribution in [-0.2, 0) is 5.92 Å². The van der Waals surface area contributed by atoms with Crippen LogP contribution in [-0.4, -0.2) is 38.2 Å². The third-order valence-electron chi connectivity index (χ3n) is 4.68. The highest BCUT2D eigenvalue weighted by Gasteiger charge is 2.31. The van der Waals surface area contributed by atoms with Gasteiger partial charge in [0, 0.05) is 35.1 Å². The minimum absolute atomic E-state index is 0.126. The summed E-state index contributed by atoms with van der Waals surface area (Å²) in [5, 5.41) is 5.71. The van der Waals surface area contributed by atoms with Crippen LogP contribution >= 0.6 is 0 Å². The molecule has 1 heterocycles. The third kappa shape index (κ3) is 6.00. The number of carbonyl (C=O) groups is 1. The molecule has 0 bridgehead atoms. The van der Waals surface area contributed by atoms with E-state index in [4.69, 9.17) is 0 Å². The Hall–Kier alpha value is -4.08. The number of aliphatic imine (C=N–C) groups is 4. The number of alkyl halides is 3. The van der Waals surface area contributed by atoms with E-state index in [-0.39, 0.29) is 11.3 Å². The number of benzene rings is 2. The van der Waals surface area contributed by atoms with E-state index in [1.807, 2.05) is 6.92 Å². The zero-order valence-corrected chi connectivity index (χ0v) is 17.7. The Bertz CT molecular complexity index is 1170. The largest absolute Gasteiger partial charge is 0.338 e. The molecule has 0 saturated carbocycles. The number of nitrogens with zero attached hydrogens (tertiary/aromatic N) is 4. The Morgan fingerprint density at radius 3 is 2.76 bits per heavy atom. The van der Waals surface area contributed by atoms with E-state index in [0.717, 1.165) is 17.7 Å². The smallest absolute Gasteiger partial charge is 0.301 e. The van der Waals surface area contributed by atoms with Crippen molar-refractivity contribution in [1.29, 1.82) is 0 Å². The zero-order valence-electron chi connectivity index (χ0n) is 17.7.